The molecule has 3 aromatic carbocycles. The van der Waals surface area contributed by atoms with Gasteiger partial charge in [-0.3, -0.25) is 9.36 Å². The minimum Gasteiger partial charge on any atom is -0.460 e. The van der Waals surface area contributed by atoms with Crippen molar-refractivity contribution in [1.29, 1.82) is 0 Å². The van der Waals surface area contributed by atoms with Gasteiger partial charge in [0.2, 0.25) is 0 Å². The van der Waals surface area contributed by atoms with Gasteiger partial charge < -0.3 is 15.1 Å². The van der Waals surface area contributed by atoms with Gasteiger partial charge in [-0.25, -0.2) is 14.1 Å². The topological polar surface area (TPSA) is 106 Å². The van der Waals surface area contributed by atoms with Gasteiger partial charge in [0.25, 0.3) is 13.4 Å². The number of carbonyl (C=O) groups excluding carboxylic acids is 2. The summed E-state index contributed by atoms with van der Waals surface area (Å²) in [7, 11) is -3.58. The summed E-state index contributed by atoms with van der Waals surface area (Å²) in [6.07, 6.45) is 0. The number of nitrogens with one attached hydrogen (secondary N) is 2. The van der Waals surface area contributed by atoms with Crippen molar-refractivity contribution in [1.82, 2.24) is 14.5 Å². The number of rotatable bonds is 12. The fraction of sp³-hybridized carbons (Fsp3) is 0.233. The lowest BCUT2D eigenvalue weighted by Crippen LogP contribution is -2.33. The molecule has 1 heterocycles. The largest absolute Gasteiger partial charge is 0.460 e. The molecular formula is C30H31Br3N5O4P. The van der Waals surface area contributed by atoms with Crippen LogP contribution < -0.4 is 15.7 Å². The molecule has 0 fully saturated rings. The molecule has 1 atom stereocenters. The van der Waals surface area contributed by atoms with Crippen LogP contribution in [0, 0.1) is 6.92 Å². The lowest BCUT2D eigenvalue weighted by Gasteiger charge is -2.31. The quantitative estimate of drug-likeness (QED) is 0.111. The molecule has 0 saturated carbocycles. The Hall–Kier alpha value is -2.76. The smallest absolute Gasteiger partial charge is 0.338 e. The van der Waals surface area contributed by atoms with Crippen LogP contribution in [0.25, 0.3) is 0 Å². The van der Waals surface area contributed by atoms with Crippen molar-refractivity contribution in [3.05, 3.63) is 103 Å². The number of ether oxygens (including phenoxy) is 1. The Kier molecular flexibility index (Phi) is 11.4. The van der Waals surface area contributed by atoms with Crippen molar-refractivity contribution in [3.63, 3.8) is 0 Å². The second kappa shape index (κ2) is 14.8. The van der Waals surface area contributed by atoms with Gasteiger partial charge in [0.15, 0.2) is 0 Å². The molecule has 43 heavy (non-hydrogen) atoms. The summed E-state index contributed by atoms with van der Waals surface area (Å²) in [4.78, 5) is 26.1. The summed E-state index contributed by atoms with van der Waals surface area (Å²) >= 11 is 10.2. The summed E-state index contributed by atoms with van der Waals surface area (Å²) in [6.45, 7) is 6.68. The molecule has 0 spiro atoms. The van der Waals surface area contributed by atoms with Crippen molar-refractivity contribution in [3.8, 4) is 0 Å². The third kappa shape index (κ3) is 8.05. The van der Waals surface area contributed by atoms with Crippen molar-refractivity contribution in [2.45, 2.75) is 27.3 Å². The zero-order valence-corrected chi connectivity index (χ0v) is 29.5. The lowest BCUT2D eigenvalue weighted by atomic mass is 10.2. The minimum atomic E-state index is -3.58. The molecule has 1 unspecified atom stereocenters. The van der Waals surface area contributed by atoms with Crippen LogP contribution in [0.3, 0.4) is 0 Å². The lowest BCUT2D eigenvalue weighted by molar-refractivity contribution is 0.0488. The van der Waals surface area contributed by atoms with E-state index in [0.29, 0.717) is 40.9 Å². The second-order valence-electron chi connectivity index (χ2n) is 9.44. The average Bonchev–Trinajstić information content (AvgIpc) is 3.30. The molecule has 226 valence electrons. The number of aryl methyl sites for hydroxylation is 1. The van der Waals surface area contributed by atoms with E-state index in [0.717, 1.165) is 13.4 Å². The Labute approximate surface area is 276 Å². The highest BCUT2D eigenvalue weighted by atomic mass is 79.9. The summed E-state index contributed by atoms with van der Waals surface area (Å²) < 4.78 is 26.6. The van der Waals surface area contributed by atoms with E-state index >= 15 is 4.57 Å². The average molecular weight is 796 g/mol. The van der Waals surface area contributed by atoms with E-state index in [9.17, 15) is 9.59 Å². The van der Waals surface area contributed by atoms with Crippen LogP contribution in [-0.4, -0.2) is 46.0 Å². The zero-order chi connectivity index (χ0) is 31.1. The first-order valence-electron chi connectivity index (χ1n) is 13.5. The first-order valence-corrected chi connectivity index (χ1v) is 17.6. The molecule has 1 aromatic heterocycles. The van der Waals surface area contributed by atoms with Crippen molar-refractivity contribution < 1.29 is 18.9 Å². The number of esters is 1. The number of hydrogen-bond acceptors (Lipinski definition) is 5. The van der Waals surface area contributed by atoms with E-state index < -0.39 is 19.3 Å². The number of hydrogen-bond donors (Lipinski definition) is 2. The summed E-state index contributed by atoms with van der Waals surface area (Å²) in [5.74, 6) is -0.607. The molecular weight excluding hydrogens is 765 g/mol. The molecule has 13 heteroatoms. The van der Waals surface area contributed by atoms with Gasteiger partial charge >= 0.3 is 5.97 Å². The van der Waals surface area contributed by atoms with Crippen LogP contribution >= 0.6 is 55.2 Å². The highest BCUT2D eigenvalue weighted by molar-refractivity contribution is 9.11. The molecule has 4 rings (SSSR count). The Morgan fingerprint density at radius 2 is 1.37 bits per heavy atom. The highest BCUT2D eigenvalue weighted by Crippen LogP contribution is 2.51. The van der Waals surface area contributed by atoms with E-state index in [1.807, 2.05) is 42.8 Å². The van der Waals surface area contributed by atoms with E-state index in [4.69, 9.17) is 4.74 Å². The van der Waals surface area contributed by atoms with Crippen LogP contribution in [0.2, 0.25) is 0 Å². The molecule has 0 bridgehead atoms. The summed E-state index contributed by atoms with van der Waals surface area (Å²) in [6, 6.07) is 21.2. The molecule has 0 radical (unpaired) electrons. The van der Waals surface area contributed by atoms with E-state index in [-0.39, 0.29) is 19.0 Å². The van der Waals surface area contributed by atoms with Crippen molar-refractivity contribution in [2.75, 3.05) is 30.1 Å². The van der Waals surface area contributed by atoms with Crippen LogP contribution in [0.15, 0.2) is 86.2 Å². The van der Waals surface area contributed by atoms with E-state index in [2.05, 4.69) is 63.3 Å². The number of anilines is 2. The minimum absolute atomic E-state index is 0.0215. The molecule has 1 amide bonds. The van der Waals surface area contributed by atoms with Gasteiger partial charge in [-0.1, -0.05) is 61.6 Å². The Balaban J connectivity index is 1.73. The van der Waals surface area contributed by atoms with Crippen LogP contribution in [0.1, 0.15) is 40.3 Å². The molecule has 0 saturated heterocycles. The number of halogens is 3. The van der Waals surface area contributed by atoms with Gasteiger partial charge in [0, 0.05) is 37.8 Å². The van der Waals surface area contributed by atoms with Gasteiger partial charge in [-0.15, -0.1) is 0 Å². The third-order valence-electron chi connectivity index (χ3n) is 6.61. The predicted octanol–water partition coefficient (Wildman–Crippen LogP) is 7.86. The van der Waals surface area contributed by atoms with Crippen LogP contribution in [-0.2, 0) is 15.8 Å². The maximum Gasteiger partial charge on any atom is 0.338 e. The maximum atomic E-state index is 15.1. The maximum absolute atomic E-state index is 15.1. The molecule has 0 aliphatic heterocycles. The first-order chi connectivity index (χ1) is 20.5. The standard InChI is InChI=1S/C30H31Br3N5O4P/c1-4-37(5-2)43(41,36-26-16-14-25(33)15-17-26)27-20(3)35-38(18-19-42-30(40)22-8-12-24(32)13-9-22)28(27)34-29(39)21-6-10-23(31)11-7-21/h6-17H,4-5,18-19H2,1-3H3,(H,34,39)(H,36,41). The van der Waals surface area contributed by atoms with Gasteiger partial charge in [0.05, 0.1) is 17.8 Å². The molecule has 9 nitrogen and oxygen atoms in total. The normalized spacial score (nSPS) is 12.5. The van der Waals surface area contributed by atoms with Gasteiger partial charge in [-0.2, -0.15) is 5.10 Å². The van der Waals surface area contributed by atoms with E-state index in [1.165, 1.54) is 4.68 Å². The van der Waals surface area contributed by atoms with Crippen LogP contribution in [0.5, 0.6) is 0 Å². The number of aromatic nitrogens is 2. The summed E-state index contributed by atoms with van der Waals surface area (Å²) in [5, 5.41) is 11.3. The second-order valence-corrected chi connectivity index (χ2v) is 14.6. The monoisotopic (exact) mass is 793 g/mol. The fourth-order valence-corrected chi connectivity index (χ4v) is 8.05. The molecule has 0 aliphatic rings. The van der Waals surface area contributed by atoms with Crippen molar-refractivity contribution >= 4 is 83.9 Å². The summed E-state index contributed by atoms with van der Waals surface area (Å²) in [5.41, 5.74) is 1.96. The number of carbonyl (C=O) groups is 2. The predicted molar refractivity (Wildman–Crippen MR) is 181 cm³/mol. The Morgan fingerprint density at radius 3 is 1.91 bits per heavy atom. The van der Waals surface area contributed by atoms with E-state index in [1.54, 1.807) is 55.5 Å². The Morgan fingerprint density at radius 1 is 0.860 bits per heavy atom. The zero-order valence-electron chi connectivity index (χ0n) is 23.8. The van der Waals surface area contributed by atoms with Crippen molar-refractivity contribution in [2.24, 2.45) is 0 Å². The first kappa shape index (κ1) is 33.1. The van der Waals surface area contributed by atoms with Gasteiger partial charge in [-0.05, 0) is 79.7 Å². The number of nitrogens with zero attached hydrogens (tertiary/aromatic N) is 3. The molecule has 0 aliphatic carbocycles. The fourth-order valence-electron chi connectivity index (χ4n) is 4.48. The number of amides is 1. The number of benzene rings is 3. The Bertz CT molecular complexity index is 1620. The molecule has 2 N–H and O–H groups in total. The third-order valence-corrected chi connectivity index (χ3v) is 11.3. The van der Waals surface area contributed by atoms with Gasteiger partial charge in [0.1, 0.15) is 17.7 Å². The SMILES string of the molecule is CCN(CC)P(=O)(Nc1ccc(Br)cc1)c1c(C)nn(CCOC(=O)c2ccc(Br)cc2)c1NC(=O)c1ccc(Br)cc1. The van der Waals surface area contributed by atoms with Crippen LogP contribution in [0.4, 0.5) is 11.5 Å². The highest BCUT2D eigenvalue weighted by Gasteiger charge is 2.38. The molecule has 4 aromatic rings.